The highest BCUT2D eigenvalue weighted by atomic mass is 16.5. The predicted molar refractivity (Wildman–Crippen MR) is 97.1 cm³/mol. The summed E-state index contributed by atoms with van der Waals surface area (Å²) in [5, 5.41) is 2.99. The third kappa shape index (κ3) is 4.21. The van der Waals surface area contributed by atoms with Crippen LogP contribution in [0, 0.1) is 11.8 Å². The van der Waals surface area contributed by atoms with Gasteiger partial charge in [-0.2, -0.15) is 0 Å². The molecule has 25 heavy (non-hydrogen) atoms. The van der Waals surface area contributed by atoms with Crippen molar-refractivity contribution in [3.63, 3.8) is 0 Å². The average molecular weight is 342 g/mol. The molecule has 5 nitrogen and oxygen atoms in total. The number of para-hydroxylation sites is 1. The maximum Gasteiger partial charge on any atom is 0.253 e. The molecule has 2 aliphatic heterocycles. The number of hydrogen-bond acceptors (Lipinski definition) is 3. The van der Waals surface area contributed by atoms with Gasteiger partial charge in [-0.25, -0.2) is 0 Å². The van der Waals surface area contributed by atoms with Crippen molar-refractivity contribution in [1.82, 2.24) is 10.2 Å². The fraction of sp³-hybridized carbons (Fsp3) is 0.500. The van der Waals surface area contributed by atoms with Crippen LogP contribution in [0.1, 0.15) is 32.3 Å². The number of nitrogens with one attached hydrogen (secondary N) is 1. The van der Waals surface area contributed by atoms with Gasteiger partial charge in [-0.15, -0.1) is 0 Å². The Morgan fingerprint density at radius 3 is 2.92 bits per heavy atom. The first-order valence-electron chi connectivity index (χ1n) is 9.04. The van der Waals surface area contributed by atoms with Crippen molar-refractivity contribution in [2.45, 2.75) is 26.7 Å². The number of likely N-dealkylation sites (tertiary alicyclic amines) is 1. The summed E-state index contributed by atoms with van der Waals surface area (Å²) in [6.45, 7) is 6.20. The lowest BCUT2D eigenvalue weighted by molar-refractivity contribution is -0.129. The van der Waals surface area contributed by atoms with E-state index in [2.05, 4.69) is 5.32 Å². The third-order valence-electron chi connectivity index (χ3n) is 4.80. The van der Waals surface area contributed by atoms with Crippen LogP contribution in [0.25, 0.3) is 6.08 Å². The zero-order valence-electron chi connectivity index (χ0n) is 15.0. The number of benzene rings is 1. The molecule has 134 valence electrons. The third-order valence-corrected chi connectivity index (χ3v) is 4.80. The normalized spacial score (nSPS) is 19.7. The topological polar surface area (TPSA) is 58.6 Å². The minimum absolute atomic E-state index is 0.00839. The van der Waals surface area contributed by atoms with Crippen LogP contribution in [0.4, 0.5) is 0 Å². The van der Waals surface area contributed by atoms with Gasteiger partial charge in [0.15, 0.2) is 0 Å². The molecule has 1 atom stereocenters. The number of carbonyl (C=O) groups is 2. The lowest BCUT2D eigenvalue weighted by Gasteiger charge is -2.34. The highest BCUT2D eigenvalue weighted by Crippen LogP contribution is 2.27. The van der Waals surface area contributed by atoms with Crippen LogP contribution in [0.2, 0.25) is 0 Å². The standard InChI is InChI=1S/C20H26N2O3/c1-14(2)19(23)21-11-15-6-5-9-22(12-15)20(24)17-10-16-7-3-4-8-18(16)25-13-17/h3-4,7-8,10,14-15H,5-6,9,11-13H2,1-2H3,(H,21,23)/t15-/m0/s1. The second kappa shape index (κ2) is 7.72. The minimum Gasteiger partial charge on any atom is -0.488 e. The van der Waals surface area contributed by atoms with Crippen molar-refractivity contribution >= 4 is 17.9 Å². The molecule has 2 heterocycles. The quantitative estimate of drug-likeness (QED) is 0.914. The molecular formula is C20H26N2O3. The molecule has 0 radical (unpaired) electrons. The lowest BCUT2D eigenvalue weighted by Crippen LogP contribution is -2.45. The number of nitrogens with zero attached hydrogens (tertiary/aromatic N) is 1. The van der Waals surface area contributed by atoms with E-state index in [-0.39, 0.29) is 17.7 Å². The highest BCUT2D eigenvalue weighted by molar-refractivity contribution is 5.99. The van der Waals surface area contributed by atoms with E-state index in [1.54, 1.807) is 0 Å². The molecule has 0 saturated carbocycles. The van der Waals surface area contributed by atoms with Gasteiger partial charge < -0.3 is 15.0 Å². The van der Waals surface area contributed by atoms with Gasteiger partial charge in [-0.05, 0) is 30.9 Å². The first-order chi connectivity index (χ1) is 12.0. The summed E-state index contributed by atoms with van der Waals surface area (Å²) < 4.78 is 5.71. The number of fused-ring (bicyclic) bond motifs is 1. The molecule has 5 heteroatoms. The molecule has 3 rings (SSSR count). The largest absolute Gasteiger partial charge is 0.488 e. The number of hydrogen-bond donors (Lipinski definition) is 1. The fourth-order valence-corrected chi connectivity index (χ4v) is 3.31. The number of amides is 2. The van der Waals surface area contributed by atoms with E-state index in [0.29, 0.717) is 31.2 Å². The summed E-state index contributed by atoms with van der Waals surface area (Å²) in [5.74, 6) is 1.26. The molecular weight excluding hydrogens is 316 g/mol. The van der Waals surface area contributed by atoms with Crippen molar-refractivity contribution in [3.8, 4) is 5.75 Å². The lowest BCUT2D eigenvalue weighted by atomic mass is 9.96. The number of rotatable bonds is 4. The van der Waals surface area contributed by atoms with Crippen LogP contribution in [-0.4, -0.2) is 43.0 Å². The van der Waals surface area contributed by atoms with E-state index in [9.17, 15) is 9.59 Å². The van der Waals surface area contributed by atoms with Gasteiger partial charge in [0, 0.05) is 31.1 Å². The highest BCUT2D eigenvalue weighted by Gasteiger charge is 2.27. The second-order valence-corrected chi connectivity index (χ2v) is 7.16. The molecule has 0 aliphatic carbocycles. The Morgan fingerprint density at radius 2 is 2.12 bits per heavy atom. The Hall–Kier alpha value is -2.30. The maximum absolute atomic E-state index is 12.8. The number of carbonyl (C=O) groups excluding carboxylic acids is 2. The molecule has 0 bridgehead atoms. The van der Waals surface area contributed by atoms with E-state index in [1.807, 2.05) is 49.1 Å². The van der Waals surface area contributed by atoms with Gasteiger partial charge in [0.05, 0.1) is 5.57 Å². The Balaban J connectivity index is 1.61. The zero-order valence-corrected chi connectivity index (χ0v) is 15.0. The Kier molecular flexibility index (Phi) is 5.41. The molecule has 1 fully saturated rings. The first kappa shape index (κ1) is 17.5. The summed E-state index contributed by atoms with van der Waals surface area (Å²) in [4.78, 5) is 26.5. The summed E-state index contributed by atoms with van der Waals surface area (Å²) in [5.41, 5.74) is 1.65. The predicted octanol–water partition coefficient (Wildman–Crippen LogP) is 2.47. The van der Waals surface area contributed by atoms with Crippen LogP contribution in [0.3, 0.4) is 0 Å². The van der Waals surface area contributed by atoms with Gasteiger partial charge in [-0.3, -0.25) is 9.59 Å². The molecule has 1 N–H and O–H groups in total. The smallest absolute Gasteiger partial charge is 0.253 e. The van der Waals surface area contributed by atoms with Gasteiger partial charge in [-0.1, -0.05) is 32.0 Å². The Labute approximate surface area is 149 Å². The molecule has 0 unspecified atom stereocenters. The van der Waals surface area contributed by atoms with Crippen LogP contribution >= 0.6 is 0 Å². The van der Waals surface area contributed by atoms with E-state index in [1.165, 1.54) is 0 Å². The molecule has 1 saturated heterocycles. The van der Waals surface area contributed by atoms with Crippen molar-refractivity contribution in [1.29, 1.82) is 0 Å². The monoisotopic (exact) mass is 342 g/mol. The van der Waals surface area contributed by atoms with Crippen LogP contribution in [-0.2, 0) is 9.59 Å². The summed E-state index contributed by atoms with van der Waals surface area (Å²) >= 11 is 0. The summed E-state index contributed by atoms with van der Waals surface area (Å²) in [7, 11) is 0. The summed E-state index contributed by atoms with van der Waals surface area (Å²) in [6.07, 6.45) is 3.95. The van der Waals surface area contributed by atoms with Gasteiger partial charge >= 0.3 is 0 Å². The van der Waals surface area contributed by atoms with Crippen LogP contribution in [0.5, 0.6) is 5.75 Å². The fourth-order valence-electron chi connectivity index (χ4n) is 3.31. The van der Waals surface area contributed by atoms with Crippen LogP contribution < -0.4 is 10.1 Å². The van der Waals surface area contributed by atoms with E-state index < -0.39 is 0 Å². The van der Waals surface area contributed by atoms with Gasteiger partial charge in [0.25, 0.3) is 5.91 Å². The first-order valence-corrected chi connectivity index (χ1v) is 9.04. The Bertz CT molecular complexity index is 681. The van der Waals surface area contributed by atoms with Crippen LogP contribution in [0.15, 0.2) is 29.8 Å². The maximum atomic E-state index is 12.8. The number of piperidine rings is 1. The molecule has 1 aromatic carbocycles. The van der Waals surface area contributed by atoms with E-state index >= 15 is 0 Å². The minimum atomic E-state index is -0.00839. The average Bonchev–Trinajstić information content (AvgIpc) is 2.65. The van der Waals surface area contributed by atoms with Gasteiger partial charge in [0.2, 0.25) is 5.91 Å². The molecule has 2 aliphatic rings. The molecule has 2 amide bonds. The van der Waals surface area contributed by atoms with Crippen molar-refractivity contribution in [2.75, 3.05) is 26.2 Å². The molecule has 0 spiro atoms. The molecule has 1 aromatic rings. The zero-order chi connectivity index (χ0) is 17.8. The van der Waals surface area contributed by atoms with Crippen molar-refractivity contribution in [2.24, 2.45) is 11.8 Å². The SMILES string of the molecule is CC(C)C(=O)NC[C@@H]1CCCN(C(=O)C2=Cc3ccccc3OC2)C1. The molecule has 0 aromatic heterocycles. The van der Waals surface area contributed by atoms with Crippen molar-refractivity contribution in [3.05, 3.63) is 35.4 Å². The van der Waals surface area contributed by atoms with Gasteiger partial charge in [0.1, 0.15) is 12.4 Å². The van der Waals surface area contributed by atoms with E-state index in [0.717, 1.165) is 30.7 Å². The summed E-state index contributed by atoms with van der Waals surface area (Å²) in [6, 6.07) is 7.75. The van der Waals surface area contributed by atoms with Crippen molar-refractivity contribution < 1.29 is 14.3 Å². The Morgan fingerprint density at radius 1 is 1.32 bits per heavy atom. The number of ether oxygens (including phenoxy) is 1. The second-order valence-electron chi connectivity index (χ2n) is 7.16. The van der Waals surface area contributed by atoms with E-state index in [4.69, 9.17) is 4.74 Å².